The van der Waals surface area contributed by atoms with Crippen LogP contribution in [-0.4, -0.2) is 0 Å². The Balaban J connectivity index is 1.40. The van der Waals surface area contributed by atoms with Gasteiger partial charge in [0.05, 0.1) is 0 Å². The number of benzene rings is 8. The predicted molar refractivity (Wildman–Crippen MR) is 165 cm³/mol. The predicted octanol–water partition coefficient (Wildman–Crippen LogP) is 10.9. The fourth-order valence-electron chi connectivity index (χ4n) is 6.69. The summed E-state index contributed by atoms with van der Waals surface area (Å²) in [5.41, 5.74) is 4.69. The van der Waals surface area contributed by atoms with Gasteiger partial charge in [0.15, 0.2) is 0 Å². The van der Waals surface area contributed by atoms with E-state index in [4.69, 9.17) is 4.74 Å². The van der Waals surface area contributed by atoms with E-state index in [1.807, 2.05) is 0 Å². The first-order chi connectivity index (χ1) is 19.3. The maximum Gasteiger partial charge on any atom is 0.143 e. The van der Waals surface area contributed by atoms with E-state index in [-0.39, 0.29) is 0 Å². The Kier molecular flexibility index (Phi) is 4.11. The smallest absolute Gasteiger partial charge is 0.143 e. The van der Waals surface area contributed by atoms with Crippen LogP contribution in [0, 0.1) is 0 Å². The second kappa shape index (κ2) is 7.69. The van der Waals surface area contributed by atoms with Crippen molar-refractivity contribution in [2.45, 2.75) is 0 Å². The molecule has 0 N–H and O–H groups in total. The minimum atomic E-state index is 0.926. The topological polar surface area (TPSA) is 9.23 Å². The molecule has 0 bridgehead atoms. The van der Waals surface area contributed by atoms with E-state index in [0.29, 0.717) is 0 Å². The highest BCUT2D eigenvalue weighted by Crippen LogP contribution is 2.52. The molecule has 9 rings (SSSR count). The largest absolute Gasteiger partial charge is 0.455 e. The summed E-state index contributed by atoms with van der Waals surface area (Å²) in [5, 5.41) is 12.4. The average Bonchev–Trinajstić information content (AvgIpc) is 3.00. The lowest BCUT2D eigenvalue weighted by molar-refractivity contribution is 0.489. The lowest BCUT2D eigenvalue weighted by Gasteiger charge is -2.25. The second-order valence-electron chi connectivity index (χ2n) is 10.5. The quantitative estimate of drug-likeness (QED) is 0.206. The van der Waals surface area contributed by atoms with Crippen LogP contribution in [0.25, 0.3) is 76.1 Å². The van der Waals surface area contributed by atoms with E-state index >= 15 is 0 Å². The Morgan fingerprint density at radius 1 is 0.333 bits per heavy atom. The normalized spacial score (nSPS) is 12.3. The fourth-order valence-corrected chi connectivity index (χ4v) is 6.69. The van der Waals surface area contributed by atoms with Gasteiger partial charge >= 0.3 is 0 Å². The van der Waals surface area contributed by atoms with Gasteiger partial charge in [-0.3, -0.25) is 0 Å². The lowest BCUT2D eigenvalue weighted by Crippen LogP contribution is -2.00. The number of fused-ring (bicyclic) bond motifs is 9. The highest BCUT2D eigenvalue weighted by atomic mass is 16.5. The summed E-state index contributed by atoms with van der Waals surface area (Å²) in [7, 11) is 0. The summed E-state index contributed by atoms with van der Waals surface area (Å²) in [6.45, 7) is 0. The Morgan fingerprint density at radius 2 is 0.923 bits per heavy atom. The van der Waals surface area contributed by atoms with E-state index in [0.717, 1.165) is 22.6 Å². The highest BCUT2D eigenvalue weighted by molar-refractivity contribution is 6.22. The molecule has 0 unspecified atom stereocenters. The Bertz CT molecular complexity index is 2310. The van der Waals surface area contributed by atoms with E-state index in [1.165, 1.54) is 65.0 Å². The van der Waals surface area contributed by atoms with Crippen LogP contribution >= 0.6 is 0 Å². The summed E-state index contributed by atoms with van der Waals surface area (Å²) in [6, 6.07) is 48.3. The molecule has 0 amide bonds. The van der Waals surface area contributed by atoms with Crippen molar-refractivity contribution in [3.05, 3.63) is 133 Å². The summed E-state index contributed by atoms with van der Waals surface area (Å²) in [5.74, 6) is 1.85. The van der Waals surface area contributed by atoms with Crippen molar-refractivity contribution in [3.8, 4) is 33.8 Å². The number of hydrogen-bond acceptors (Lipinski definition) is 1. The molecule has 0 fully saturated rings. The summed E-state index contributed by atoms with van der Waals surface area (Å²) in [4.78, 5) is 0. The molecule has 0 aromatic heterocycles. The zero-order chi connectivity index (χ0) is 25.5. The fraction of sp³-hybridized carbons (Fsp3) is 0. The molecule has 1 aliphatic rings. The van der Waals surface area contributed by atoms with Gasteiger partial charge in [0, 0.05) is 16.5 Å². The molecule has 1 aliphatic heterocycles. The molecular weight excluding hydrogens is 472 g/mol. The summed E-state index contributed by atoms with van der Waals surface area (Å²) >= 11 is 0. The Labute approximate surface area is 225 Å². The van der Waals surface area contributed by atoms with Gasteiger partial charge in [-0.25, -0.2) is 0 Å². The van der Waals surface area contributed by atoms with Crippen LogP contribution in [-0.2, 0) is 0 Å². The number of hydrogen-bond donors (Lipinski definition) is 0. The standard InChI is InChI=1S/C38H22O/c1-3-11-25-23(9-1)19-20-29-27-13-5-6-14-28(27)35(22-34(25)29)33-18-8-17-32-31-16-7-15-30-26-12-4-2-10-24(26)21-36(37(30)31)39-38(32)33/h1-22H. The zero-order valence-corrected chi connectivity index (χ0v) is 21.1. The molecule has 1 nitrogen and oxygen atoms in total. The van der Waals surface area contributed by atoms with Crippen LogP contribution in [0.2, 0.25) is 0 Å². The third-order valence-electron chi connectivity index (χ3n) is 8.42. The molecule has 0 saturated carbocycles. The molecule has 0 radical (unpaired) electrons. The minimum absolute atomic E-state index is 0.926. The van der Waals surface area contributed by atoms with Gasteiger partial charge in [0.1, 0.15) is 11.5 Å². The first-order valence-corrected chi connectivity index (χ1v) is 13.4. The lowest BCUT2D eigenvalue weighted by atomic mass is 9.87. The Hall–Kier alpha value is -5.14. The van der Waals surface area contributed by atoms with Crippen molar-refractivity contribution in [1.29, 1.82) is 0 Å². The molecule has 8 aromatic rings. The molecule has 0 aliphatic carbocycles. The van der Waals surface area contributed by atoms with Crippen LogP contribution in [0.3, 0.4) is 0 Å². The first-order valence-electron chi connectivity index (χ1n) is 13.4. The molecule has 180 valence electrons. The summed E-state index contributed by atoms with van der Waals surface area (Å²) in [6.07, 6.45) is 0. The number of rotatable bonds is 1. The number of para-hydroxylation sites is 1. The van der Waals surface area contributed by atoms with Crippen molar-refractivity contribution in [1.82, 2.24) is 0 Å². The monoisotopic (exact) mass is 494 g/mol. The second-order valence-corrected chi connectivity index (χ2v) is 10.5. The van der Waals surface area contributed by atoms with Gasteiger partial charge < -0.3 is 4.74 Å². The van der Waals surface area contributed by atoms with Crippen LogP contribution < -0.4 is 4.74 Å². The van der Waals surface area contributed by atoms with Gasteiger partial charge in [-0.05, 0) is 71.7 Å². The van der Waals surface area contributed by atoms with Gasteiger partial charge in [-0.15, -0.1) is 0 Å². The number of ether oxygens (including phenoxy) is 1. The van der Waals surface area contributed by atoms with Crippen molar-refractivity contribution in [3.63, 3.8) is 0 Å². The van der Waals surface area contributed by atoms with Gasteiger partial charge in [-0.1, -0.05) is 121 Å². The van der Waals surface area contributed by atoms with Crippen molar-refractivity contribution >= 4 is 53.9 Å². The Morgan fingerprint density at radius 3 is 1.77 bits per heavy atom. The molecule has 1 heterocycles. The van der Waals surface area contributed by atoms with Crippen LogP contribution in [0.4, 0.5) is 0 Å². The van der Waals surface area contributed by atoms with Crippen molar-refractivity contribution in [2.24, 2.45) is 0 Å². The minimum Gasteiger partial charge on any atom is -0.455 e. The van der Waals surface area contributed by atoms with E-state index in [1.54, 1.807) is 0 Å². The molecular formula is C38H22O. The molecule has 0 atom stereocenters. The maximum atomic E-state index is 6.89. The third-order valence-corrected chi connectivity index (χ3v) is 8.42. The van der Waals surface area contributed by atoms with Crippen LogP contribution in [0.15, 0.2) is 133 Å². The molecule has 0 spiro atoms. The van der Waals surface area contributed by atoms with Crippen molar-refractivity contribution < 1.29 is 4.74 Å². The third kappa shape index (κ3) is 2.85. The zero-order valence-electron chi connectivity index (χ0n) is 21.1. The van der Waals surface area contributed by atoms with Crippen LogP contribution in [0.5, 0.6) is 11.5 Å². The van der Waals surface area contributed by atoms with E-state index in [9.17, 15) is 0 Å². The van der Waals surface area contributed by atoms with Gasteiger partial charge in [0.25, 0.3) is 0 Å². The maximum absolute atomic E-state index is 6.89. The van der Waals surface area contributed by atoms with Gasteiger partial charge in [-0.2, -0.15) is 0 Å². The molecule has 0 saturated heterocycles. The first kappa shape index (κ1) is 20.9. The molecule has 39 heavy (non-hydrogen) atoms. The van der Waals surface area contributed by atoms with E-state index < -0.39 is 0 Å². The van der Waals surface area contributed by atoms with E-state index in [2.05, 4.69) is 133 Å². The summed E-state index contributed by atoms with van der Waals surface area (Å²) < 4.78 is 6.89. The molecule has 8 aromatic carbocycles. The van der Waals surface area contributed by atoms with Gasteiger partial charge in [0.2, 0.25) is 0 Å². The van der Waals surface area contributed by atoms with Crippen LogP contribution in [0.1, 0.15) is 0 Å². The van der Waals surface area contributed by atoms with Crippen molar-refractivity contribution in [2.75, 3.05) is 0 Å². The molecule has 1 heteroatoms. The average molecular weight is 495 g/mol. The SMILES string of the molecule is c1cc(-c2cc3c4ccccc4ccc3c3ccccc23)c2c(c1)-c1cccc3c1c(cc1ccccc13)O2. The highest BCUT2D eigenvalue weighted by Gasteiger charge is 2.25.